The highest BCUT2D eigenvalue weighted by molar-refractivity contribution is 6.30. The predicted octanol–water partition coefficient (Wildman–Crippen LogP) is 3.58. The van der Waals surface area contributed by atoms with Gasteiger partial charge in [0.15, 0.2) is 0 Å². The zero-order valence-electron chi connectivity index (χ0n) is 11.0. The van der Waals surface area contributed by atoms with E-state index < -0.39 is 6.09 Å². The number of cyclic esters (lactones) is 1. The second-order valence-electron chi connectivity index (χ2n) is 5.03. The van der Waals surface area contributed by atoms with Crippen molar-refractivity contribution in [2.45, 2.75) is 19.9 Å². The second kappa shape index (κ2) is 5.88. The van der Waals surface area contributed by atoms with Crippen LogP contribution < -0.4 is 10.1 Å². The highest BCUT2D eigenvalue weighted by atomic mass is 35.5. The summed E-state index contributed by atoms with van der Waals surface area (Å²) in [6.45, 7) is 4.41. The molecule has 19 heavy (non-hydrogen) atoms. The first-order chi connectivity index (χ1) is 8.44. The van der Waals surface area contributed by atoms with Gasteiger partial charge in [0, 0.05) is 16.0 Å². The van der Waals surface area contributed by atoms with E-state index in [2.05, 4.69) is 5.32 Å². The van der Waals surface area contributed by atoms with Gasteiger partial charge >= 0.3 is 6.09 Å². The Morgan fingerprint density at radius 3 is 2.79 bits per heavy atom. The number of hydrogen-bond donors (Lipinski definition) is 1. The number of ether oxygens (including phenoxy) is 2. The molecule has 1 aliphatic heterocycles. The molecule has 0 unspecified atom stereocenters. The fraction of sp³-hybridized carbons (Fsp3) is 0.462. The summed E-state index contributed by atoms with van der Waals surface area (Å²) in [5.74, 6) is 0.708. The molecule has 0 aliphatic carbocycles. The van der Waals surface area contributed by atoms with Crippen LogP contribution in [0.2, 0.25) is 5.02 Å². The summed E-state index contributed by atoms with van der Waals surface area (Å²) in [4.78, 5) is 11.4. The van der Waals surface area contributed by atoms with Gasteiger partial charge < -0.3 is 14.8 Å². The molecule has 0 radical (unpaired) electrons. The van der Waals surface area contributed by atoms with Crippen LogP contribution in [0.15, 0.2) is 18.2 Å². The van der Waals surface area contributed by atoms with E-state index >= 15 is 0 Å². The molecule has 0 saturated carbocycles. The monoisotopic (exact) mass is 305 g/mol. The fourth-order valence-electron chi connectivity index (χ4n) is 2.12. The van der Waals surface area contributed by atoms with Crippen LogP contribution in [0.25, 0.3) is 0 Å². The van der Waals surface area contributed by atoms with Crippen molar-refractivity contribution in [1.82, 2.24) is 5.32 Å². The number of methoxy groups -OCH3 is 1. The van der Waals surface area contributed by atoms with Crippen molar-refractivity contribution < 1.29 is 14.3 Å². The molecule has 0 aromatic heterocycles. The summed E-state index contributed by atoms with van der Waals surface area (Å²) >= 11 is 6.02. The Hall–Kier alpha value is -1.13. The average Bonchev–Trinajstić information content (AvgIpc) is 2.32. The van der Waals surface area contributed by atoms with Gasteiger partial charge in [0.25, 0.3) is 0 Å². The molecule has 1 aromatic carbocycles. The highest BCUT2D eigenvalue weighted by Gasteiger charge is 2.39. The topological polar surface area (TPSA) is 47.6 Å². The Balaban J connectivity index is 0.00000180. The molecule has 2 rings (SSSR count). The summed E-state index contributed by atoms with van der Waals surface area (Å²) < 4.78 is 10.4. The lowest BCUT2D eigenvalue weighted by Gasteiger charge is -2.39. The van der Waals surface area contributed by atoms with Crippen molar-refractivity contribution in [3.63, 3.8) is 0 Å². The smallest absolute Gasteiger partial charge is 0.407 e. The SMILES string of the molecule is COc1ccc(Cl)cc1[C@@H]1NC(=O)OCC1(C)C.Cl. The van der Waals surface area contributed by atoms with Gasteiger partial charge in [0.1, 0.15) is 12.4 Å². The zero-order valence-corrected chi connectivity index (χ0v) is 12.6. The molecule has 0 bridgehead atoms. The maximum Gasteiger partial charge on any atom is 0.407 e. The summed E-state index contributed by atoms with van der Waals surface area (Å²) in [6.07, 6.45) is -0.415. The Labute approximate surface area is 123 Å². The number of carbonyl (C=O) groups is 1. The number of nitrogens with one attached hydrogen (secondary N) is 1. The summed E-state index contributed by atoms with van der Waals surface area (Å²) in [5, 5.41) is 3.44. The molecule has 1 heterocycles. The van der Waals surface area contributed by atoms with E-state index in [4.69, 9.17) is 21.1 Å². The third kappa shape index (κ3) is 3.25. The number of benzene rings is 1. The van der Waals surface area contributed by atoms with Crippen LogP contribution in [0.3, 0.4) is 0 Å². The quantitative estimate of drug-likeness (QED) is 0.908. The predicted molar refractivity (Wildman–Crippen MR) is 76.3 cm³/mol. The van der Waals surface area contributed by atoms with Crippen molar-refractivity contribution in [2.75, 3.05) is 13.7 Å². The van der Waals surface area contributed by atoms with Crippen LogP contribution in [0.1, 0.15) is 25.5 Å². The molecule has 1 atom stereocenters. The van der Waals surface area contributed by atoms with Crippen LogP contribution in [-0.4, -0.2) is 19.8 Å². The number of carbonyl (C=O) groups excluding carboxylic acids is 1. The van der Waals surface area contributed by atoms with Gasteiger partial charge in [-0.05, 0) is 18.2 Å². The molecule has 1 aliphatic rings. The summed E-state index contributed by atoms with van der Waals surface area (Å²) in [7, 11) is 1.60. The van der Waals surface area contributed by atoms with Crippen molar-refractivity contribution in [3.8, 4) is 5.75 Å². The van der Waals surface area contributed by atoms with E-state index in [-0.39, 0.29) is 23.9 Å². The first-order valence-corrected chi connectivity index (χ1v) is 6.08. The largest absolute Gasteiger partial charge is 0.496 e. The molecule has 6 heteroatoms. The normalized spacial score (nSPS) is 20.8. The summed E-state index contributed by atoms with van der Waals surface area (Å²) in [6, 6.07) is 5.19. The minimum Gasteiger partial charge on any atom is -0.496 e. The number of amides is 1. The Kier molecular flexibility index (Phi) is 4.93. The van der Waals surface area contributed by atoms with Gasteiger partial charge in [-0.2, -0.15) is 0 Å². The second-order valence-corrected chi connectivity index (χ2v) is 5.46. The molecule has 1 fully saturated rings. The molecule has 106 valence electrons. The van der Waals surface area contributed by atoms with E-state index in [1.807, 2.05) is 19.9 Å². The number of hydrogen-bond acceptors (Lipinski definition) is 3. The Morgan fingerprint density at radius 2 is 2.16 bits per heavy atom. The number of rotatable bonds is 2. The van der Waals surface area contributed by atoms with Crippen molar-refractivity contribution in [1.29, 1.82) is 0 Å². The van der Waals surface area contributed by atoms with E-state index in [9.17, 15) is 4.79 Å². The third-order valence-electron chi connectivity index (χ3n) is 3.12. The van der Waals surface area contributed by atoms with Crippen LogP contribution in [0.5, 0.6) is 5.75 Å². The van der Waals surface area contributed by atoms with E-state index in [0.29, 0.717) is 17.4 Å². The van der Waals surface area contributed by atoms with E-state index in [0.717, 1.165) is 5.56 Å². The first kappa shape index (κ1) is 15.9. The minimum atomic E-state index is -0.415. The minimum absolute atomic E-state index is 0. The molecule has 1 N–H and O–H groups in total. The van der Waals surface area contributed by atoms with Crippen LogP contribution in [0.4, 0.5) is 4.79 Å². The number of halogens is 2. The molecule has 1 aromatic rings. The van der Waals surface area contributed by atoms with Gasteiger partial charge in [-0.1, -0.05) is 25.4 Å². The fourth-order valence-corrected chi connectivity index (χ4v) is 2.30. The molecule has 0 spiro atoms. The van der Waals surface area contributed by atoms with Crippen LogP contribution in [0, 0.1) is 5.41 Å². The van der Waals surface area contributed by atoms with Crippen molar-refractivity contribution >= 4 is 30.1 Å². The van der Waals surface area contributed by atoms with Crippen LogP contribution in [-0.2, 0) is 4.74 Å². The maximum atomic E-state index is 11.4. The Bertz CT molecular complexity index is 477. The maximum absolute atomic E-state index is 11.4. The van der Waals surface area contributed by atoms with E-state index in [1.165, 1.54) is 0 Å². The number of alkyl carbamates (subject to hydrolysis) is 1. The lowest BCUT2D eigenvalue weighted by molar-refractivity contribution is 0.0381. The standard InChI is InChI=1S/C13H16ClNO3.ClH/c1-13(2)7-18-12(16)15-11(13)9-6-8(14)4-5-10(9)17-3;/h4-6,11H,7H2,1-3H3,(H,15,16);1H/t11-;/m0./s1. The molecular weight excluding hydrogens is 289 g/mol. The molecule has 1 amide bonds. The van der Waals surface area contributed by atoms with E-state index in [1.54, 1.807) is 19.2 Å². The Morgan fingerprint density at radius 1 is 1.47 bits per heavy atom. The van der Waals surface area contributed by atoms with Crippen molar-refractivity contribution in [3.05, 3.63) is 28.8 Å². The summed E-state index contributed by atoms with van der Waals surface area (Å²) in [5.41, 5.74) is 0.637. The van der Waals surface area contributed by atoms with Crippen molar-refractivity contribution in [2.24, 2.45) is 5.41 Å². The molecular formula is C13H17Cl2NO3. The lowest BCUT2D eigenvalue weighted by Crippen LogP contribution is -2.47. The lowest BCUT2D eigenvalue weighted by atomic mass is 9.80. The highest BCUT2D eigenvalue weighted by Crippen LogP contribution is 2.41. The molecule has 1 saturated heterocycles. The van der Waals surface area contributed by atoms with Gasteiger partial charge in [0.05, 0.1) is 13.2 Å². The average molecular weight is 306 g/mol. The third-order valence-corrected chi connectivity index (χ3v) is 3.36. The first-order valence-electron chi connectivity index (χ1n) is 5.71. The molecule has 4 nitrogen and oxygen atoms in total. The van der Waals surface area contributed by atoms with Gasteiger partial charge in [-0.15, -0.1) is 12.4 Å². The van der Waals surface area contributed by atoms with Gasteiger partial charge in [-0.3, -0.25) is 0 Å². The zero-order chi connectivity index (χ0) is 13.3. The van der Waals surface area contributed by atoms with Gasteiger partial charge in [-0.25, -0.2) is 4.79 Å². The van der Waals surface area contributed by atoms with Gasteiger partial charge in [0.2, 0.25) is 0 Å². The van der Waals surface area contributed by atoms with Crippen LogP contribution >= 0.6 is 24.0 Å².